The van der Waals surface area contributed by atoms with Crippen LogP contribution >= 0.6 is 11.6 Å². The van der Waals surface area contributed by atoms with Crippen LogP contribution in [0.4, 0.5) is 5.69 Å². The lowest BCUT2D eigenvalue weighted by atomic mass is 10.2. The SMILES string of the molecule is Cc1ccc(N2C(=O)C[C@H](NNC(=O)c3cccnc3)C2=O)cc1Cl. The van der Waals surface area contributed by atoms with Crippen molar-refractivity contribution in [1.82, 2.24) is 15.8 Å². The number of anilines is 1. The van der Waals surface area contributed by atoms with Gasteiger partial charge in [0.15, 0.2) is 0 Å². The number of imide groups is 1. The van der Waals surface area contributed by atoms with E-state index in [0.29, 0.717) is 16.3 Å². The van der Waals surface area contributed by atoms with Gasteiger partial charge >= 0.3 is 0 Å². The molecular weight excluding hydrogens is 344 g/mol. The first-order valence-electron chi connectivity index (χ1n) is 7.56. The van der Waals surface area contributed by atoms with Crippen LogP contribution in [0.5, 0.6) is 0 Å². The monoisotopic (exact) mass is 358 g/mol. The second kappa shape index (κ2) is 7.00. The van der Waals surface area contributed by atoms with Crippen molar-refractivity contribution in [3.8, 4) is 0 Å². The van der Waals surface area contributed by atoms with Gasteiger partial charge in [0.2, 0.25) is 5.91 Å². The van der Waals surface area contributed by atoms with Gasteiger partial charge in [0, 0.05) is 17.4 Å². The highest BCUT2D eigenvalue weighted by Crippen LogP contribution is 2.27. The number of aromatic nitrogens is 1. The van der Waals surface area contributed by atoms with Gasteiger partial charge < -0.3 is 0 Å². The topological polar surface area (TPSA) is 91.4 Å². The van der Waals surface area contributed by atoms with Crippen molar-refractivity contribution in [3.05, 3.63) is 58.9 Å². The highest BCUT2D eigenvalue weighted by atomic mass is 35.5. The predicted octanol–water partition coefficient (Wildman–Crippen LogP) is 1.61. The summed E-state index contributed by atoms with van der Waals surface area (Å²) in [4.78, 5) is 41.6. The Labute approximate surface area is 149 Å². The van der Waals surface area contributed by atoms with Crippen molar-refractivity contribution in [3.63, 3.8) is 0 Å². The number of aryl methyl sites for hydroxylation is 1. The smallest absolute Gasteiger partial charge is 0.266 e. The maximum absolute atomic E-state index is 12.5. The highest BCUT2D eigenvalue weighted by molar-refractivity contribution is 6.32. The molecule has 0 aliphatic carbocycles. The average Bonchev–Trinajstić information content (AvgIpc) is 2.90. The van der Waals surface area contributed by atoms with Crippen molar-refractivity contribution < 1.29 is 14.4 Å². The largest absolute Gasteiger partial charge is 0.287 e. The van der Waals surface area contributed by atoms with E-state index in [0.717, 1.165) is 10.5 Å². The number of hydrogen-bond acceptors (Lipinski definition) is 5. The molecule has 1 aromatic heterocycles. The molecule has 0 saturated carbocycles. The Hall–Kier alpha value is -2.77. The van der Waals surface area contributed by atoms with Crippen LogP contribution in [0.2, 0.25) is 5.02 Å². The van der Waals surface area contributed by atoms with Gasteiger partial charge in [-0.05, 0) is 36.8 Å². The van der Waals surface area contributed by atoms with Crippen LogP contribution in [-0.2, 0) is 9.59 Å². The molecule has 1 atom stereocenters. The van der Waals surface area contributed by atoms with E-state index < -0.39 is 17.9 Å². The number of carbonyl (C=O) groups is 3. The first kappa shape index (κ1) is 17.1. The summed E-state index contributed by atoms with van der Waals surface area (Å²) in [6, 6.07) is 7.35. The van der Waals surface area contributed by atoms with Gasteiger partial charge in [0.25, 0.3) is 11.8 Å². The van der Waals surface area contributed by atoms with Crippen LogP contribution in [0.15, 0.2) is 42.7 Å². The average molecular weight is 359 g/mol. The molecule has 0 bridgehead atoms. The molecule has 2 N–H and O–H groups in total. The summed E-state index contributed by atoms with van der Waals surface area (Å²) in [7, 11) is 0. The number of rotatable bonds is 4. The second-order valence-corrected chi connectivity index (χ2v) is 6.00. The number of hydrazine groups is 1. The maximum Gasteiger partial charge on any atom is 0.266 e. The quantitative estimate of drug-likeness (QED) is 0.640. The fourth-order valence-electron chi connectivity index (χ4n) is 2.46. The van der Waals surface area contributed by atoms with Crippen molar-refractivity contribution >= 4 is 35.0 Å². The molecule has 0 spiro atoms. The Morgan fingerprint density at radius 2 is 2.12 bits per heavy atom. The second-order valence-electron chi connectivity index (χ2n) is 5.60. The van der Waals surface area contributed by atoms with Gasteiger partial charge in [-0.15, -0.1) is 0 Å². The molecule has 2 heterocycles. The van der Waals surface area contributed by atoms with E-state index in [4.69, 9.17) is 11.6 Å². The standard InChI is InChI=1S/C17H15ClN4O3/c1-10-4-5-12(7-13(10)18)22-15(23)8-14(17(22)25)20-21-16(24)11-3-2-6-19-9-11/h2-7,9,14,20H,8H2,1H3,(H,21,24)/t14-/m0/s1. The third-order valence-electron chi connectivity index (χ3n) is 3.84. The van der Waals surface area contributed by atoms with Crippen molar-refractivity contribution in [2.45, 2.75) is 19.4 Å². The Kier molecular flexibility index (Phi) is 4.78. The van der Waals surface area contributed by atoms with Gasteiger partial charge in [-0.3, -0.25) is 24.8 Å². The summed E-state index contributed by atoms with van der Waals surface area (Å²) in [5, 5.41) is 0.472. The minimum Gasteiger partial charge on any atom is -0.287 e. The molecular formula is C17H15ClN4O3. The molecule has 128 valence electrons. The normalized spacial score (nSPS) is 17.0. The first-order valence-corrected chi connectivity index (χ1v) is 7.94. The van der Waals surface area contributed by atoms with E-state index in [2.05, 4.69) is 15.8 Å². The van der Waals surface area contributed by atoms with E-state index in [-0.39, 0.29) is 12.3 Å². The minimum atomic E-state index is -0.840. The minimum absolute atomic E-state index is 0.0579. The lowest BCUT2D eigenvalue weighted by Crippen LogP contribution is -2.48. The fraction of sp³-hybridized carbons (Fsp3) is 0.176. The van der Waals surface area contributed by atoms with Crippen molar-refractivity contribution in [1.29, 1.82) is 0 Å². The summed E-state index contributed by atoms with van der Waals surface area (Å²) >= 11 is 6.07. The molecule has 3 rings (SSSR count). The number of pyridine rings is 1. The third kappa shape index (κ3) is 3.52. The molecule has 1 aromatic carbocycles. The van der Waals surface area contributed by atoms with Gasteiger partial charge in [0.05, 0.1) is 17.7 Å². The van der Waals surface area contributed by atoms with Crippen LogP contribution in [0.25, 0.3) is 0 Å². The van der Waals surface area contributed by atoms with Crippen LogP contribution in [0.3, 0.4) is 0 Å². The van der Waals surface area contributed by atoms with Crippen LogP contribution < -0.4 is 15.8 Å². The maximum atomic E-state index is 12.5. The highest BCUT2D eigenvalue weighted by Gasteiger charge is 2.39. The molecule has 0 unspecified atom stereocenters. The van der Waals surface area contributed by atoms with Crippen molar-refractivity contribution in [2.24, 2.45) is 0 Å². The number of hydrogen-bond donors (Lipinski definition) is 2. The third-order valence-corrected chi connectivity index (χ3v) is 4.25. The predicted molar refractivity (Wildman–Crippen MR) is 91.9 cm³/mol. The first-order chi connectivity index (χ1) is 12.0. The molecule has 1 aliphatic heterocycles. The lowest BCUT2D eigenvalue weighted by molar-refractivity contribution is -0.121. The summed E-state index contributed by atoms with van der Waals surface area (Å²) in [5.41, 5.74) is 6.65. The Balaban J connectivity index is 1.69. The van der Waals surface area contributed by atoms with Crippen molar-refractivity contribution in [2.75, 3.05) is 4.90 Å². The number of halogens is 1. The molecule has 1 fully saturated rings. The van der Waals surface area contributed by atoms with E-state index in [1.165, 1.54) is 6.20 Å². The van der Waals surface area contributed by atoms with E-state index in [1.807, 2.05) is 6.92 Å². The van der Waals surface area contributed by atoms with E-state index >= 15 is 0 Å². The molecule has 7 nitrogen and oxygen atoms in total. The zero-order valence-electron chi connectivity index (χ0n) is 13.3. The summed E-state index contributed by atoms with van der Waals surface area (Å²) in [5.74, 6) is -1.25. The molecule has 0 radical (unpaired) electrons. The van der Waals surface area contributed by atoms with E-state index in [1.54, 1.807) is 36.5 Å². The zero-order valence-corrected chi connectivity index (χ0v) is 14.1. The number of nitrogens with zero attached hydrogens (tertiary/aromatic N) is 2. The molecule has 1 aliphatic rings. The zero-order chi connectivity index (χ0) is 18.0. The van der Waals surface area contributed by atoms with Crippen LogP contribution in [0.1, 0.15) is 22.3 Å². The molecule has 1 saturated heterocycles. The van der Waals surface area contributed by atoms with Crippen LogP contribution in [-0.4, -0.2) is 28.7 Å². The van der Waals surface area contributed by atoms with E-state index in [9.17, 15) is 14.4 Å². The Morgan fingerprint density at radius 1 is 1.32 bits per heavy atom. The molecule has 25 heavy (non-hydrogen) atoms. The van der Waals surface area contributed by atoms with Gasteiger partial charge in [-0.25, -0.2) is 10.3 Å². The number of carbonyl (C=O) groups excluding carboxylic acids is 3. The summed E-state index contributed by atoms with van der Waals surface area (Å²) < 4.78 is 0. The molecule has 8 heteroatoms. The number of amides is 3. The fourth-order valence-corrected chi connectivity index (χ4v) is 2.63. The number of benzene rings is 1. The number of nitrogens with one attached hydrogen (secondary N) is 2. The van der Waals surface area contributed by atoms with Gasteiger partial charge in [0.1, 0.15) is 6.04 Å². The lowest BCUT2D eigenvalue weighted by Gasteiger charge is -2.16. The molecule has 2 aromatic rings. The summed E-state index contributed by atoms with van der Waals surface area (Å²) in [6.07, 6.45) is 2.89. The Bertz CT molecular complexity index is 841. The molecule has 3 amide bonds. The van der Waals surface area contributed by atoms with Gasteiger partial charge in [-0.1, -0.05) is 17.7 Å². The van der Waals surface area contributed by atoms with Gasteiger partial charge in [-0.2, -0.15) is 0 Å². The Morgan fingerprint density at radius 3 is 2.80 bits per heavy atom. The summed E-state index contributed by atoms with van der Waals surface area (Å²) in [6.45, 7) is 1.83. The van der Waals surface area contributed by atoms with Crippen LogP contribution in [0, 0.1) is 6.92 Å².